The van der Waals surface area contributed by atoms with Crippen LogP contribution in [0.1, 0.15) is 31.9 Å². The first kappa shape index (κ1) is 22.6. The average molecular weight is 435 g/mol. The number of pyridine rings is 1. The van der Waals surface area contributed by atoms with E-state index in [1.807, 2.05) is 31.2 Å². The molecule has 2 atom stereocenters. The van der Waals surface area contributed by atoms with Crippen molar-refractivity contribution in [3.8, 4) is 17.4 Å². The molecule has 1 aromatic heterocycles. The number of methoxy groups -OCH3 is 1. The van der Waals surface area contributed by atoms with Crippen molar-refractivity contribution in [2.24, 2.45) is 0 Å². The molecular formula is C22H27F2N3O4. The van der Waals surface area contributed by atoms with Crippen LogP contribution in [-0.4, -0.2) is 50.2 Å². The standard InChI is InChI=1S/C22H27F2N3O4/c1-14(26-15(2)28)16-4-6-17(7-5-16)31-18-9-11-27(12-18)19-8-10-25-22(21(19)29-3)30-13-20(23)24/h4-8,10,14,18,20H,9,11-13H2,1-3H3,(H,26,28)/t14-,18?/m0/s1. The van der Waals surface area contributed by atoms with E-state index in [1.165, 1.54) is 20.2 Å². The van der Waals surface area contributed by atoms with Gasteiger partial charge in [0, 0.05) is 26.1 Å². The van der Waals surface area contributed by atoms with Crippen LogP contribution in [0.4, 0.5) is 14.5 Å². The molecule has 1 N–H and O–H groups in total. The zero-order valence-electron chi connectivity index (χ0n) is 17.8. The summed E-state index contributed by atoms with van der Waals surface area (Å²) in [6, 6.07) is 9.34. The Morgan fingerprint density at radius 1 is 1.29 bits per heavy atom. The maximum Gasteiger partial charge on any atom is 0.272 e. The molecule has 0 radical (unpaired) electrons. The predicted octanol–water partition coefficient (Wildman–Crippen LogP) is 3.59. The summed E-state index contributed by atoms with van der Waals surface area (Å²) in [5, 5.41) is 2.85. The van der Waals surface area contributed by atoms with Crippen LogP contribution in [0.15, 0.2) is 36.5 Å². The van der Waals surface area contributed by atoms with Crippen molar-refractivity contribution in [1.29, 1.82) is 0 Å². The number of alkyl halides is 2. The Bertz CT molecular complexity index is 880. The normalized spacial score (nSPS) is 16.8. The highest BCUT2D eigenvalue weighted by Gasteiger charge is 2.28. The quantitative estimate of drug-likeness (QED) is 0.649. The van der Waals surface area contributed by atoms with Gasteiger partial charge in [-0.15, -0.1) is 0 Å². The van der Waals surface area contributed by atoms with Crippen molar-refractivity contribution >= 4 is 11.6 Å². The Morgan fingerprint density at radius 2 is 2.03 bits per heavy atom. The number of hydrogen-bond acceptors (Lipinski definition) is 6. The van der Waals surface area contributed by atoms with Gasteiger partial charge in [-0.05, 0) is 30.7 Å². The number of rotatable bonds is 9. The lowest BCUT2D eigenvalue weighted by Crippen LogP contribution is -2.25. The summed E-state index contributed by atoms with van der Waals surface area (Å²) in [7, 11) is 1.46. The second-order valence-electron chi connectivity index (χ2n) is 7.34. The van der Waals surface area contributed by atoms with Gasteiger partial charge in [0.05, 0.1) is 25.4 Å². The number of carbonyl (C=O) groups excluding carboxylic acids is 1. The fraction of sp³-hybridized carbons (Fsp3) is 0.455. The number of carbonyl (C=O) groups is 1. The third-order valence-corrected chi connectivity index (χ3v) is 4.99. The second-order valence-corrected chi connectivity index (χ2v) is 7.34. The molecule has 1 aromatic carbocycles. The smallest absolute Gasteiger partial charge is 0.272 e. The topological polar surface area (TPSA) is 72.9 Å². The summed E-state index contributed by atoms with van der Waals surface area (Å²) >= 11 is 0. The second kappa shape index (κ2) is 10.3. The van der Waals surface area contributed by atoms with Crippen molar-refractivity contribution in [2.45, 2.75) is 38.8 Å². The van der Waals surface area contributed by atoms with Crippen molar-refractivity contribution < 1.29 is 27.8 Å². The number of amides is 1. The van der Waals surface area contributed by atoms with Crippen molar-refractivity contribution in [1.82, 2.24) is 10.3 Å². The summed E-state index contributed by atoms with van der Waals surface area (Å²) in [4.78, 5) is 17.3. The molecule has 1 fully saturated rings. The van der Waals surface area contributed by atoms with E-state index in [1.54, 1.807) is 6.07 Å². The number of halogens is 2. The number of aromatic nitrogens is 1. The van der Waals surface area contributed by atoms with Gasteiger partial charge in [0.1, 0.15) is 11.9 Å². The van der Waals surface area contributed by atoms with E-state index in [-0.39, 0.29) is 23.9 Å². The minimum Gasteiger partial charge on any atom is -0.490 e. The Kier molecular flexibility index (Phi) is 7.49. The minimum atomic E-state index is -2.59. The molecule has 0 bridgehead atoms. The molecule has 7 nitrogen and oxygen atoms in total. The van der Waals surface area contributed by atoms with Gasteiger partial charge in [0.2, 0.25) is 11.7 Å². The van der Waals surface area contributed by atoms with Gasteiger partial charge >= 0.3 is 0 Å². The highest BCUT2D eigenvalue weighted by atomic mass is 19.3. The Labute approximate surface area is 180 Å². The molecule has 0 spiro atoms. The van der Waals surface area contributed by atoms with Gasteiger partial charge in [-0.3, -0.25) is 4.79 Å². The van der Waals surface area contributed by atoms with Gasteiger partial charge in [0.15, 0.2) is 6.61 Å². The zero-order chi connectivity index (χ0) is 22.4. The zero-order valence-corrected chi connectivity index (χ0v) is 17.8. The molecule has 31 heavy (non-hydrogen) atoms. The van der Waals surface area contributed by atoms with Crippen LogP contribution in [0, 0.1) is 0 Å². The average Bonchev–Trinajstić information content (AvgIpc) is 3.20. The monoisotopic (exact) mass is 435 g/mol. The molecule has 9 heteroatoms. The summed E-state index contributed by atoms with van der Waals surface area (Å²) < 4.78 is 41.6. The molecule has 1 amide bonds. The molecule has 1 aliphatic rings. The van der Waals surface area contributed by atoms with Crippen LogP contribution < -0.4 is 24.4 Å². The molecule has 3 rings (SSSR count). The van der Waals surface area contributed by atoms with Crippen LogP contribution in [0.5, 0.6) is 17.4 Å². The lowest BCUT2D eigenvalue weighted by Gasteiger charge is -2.22. The van der Waals surface area contributed by atoms with Gasteiger partial charge in [-0.1, -0.05) is 12.1 Å². The summed E-state index contributed by atoms with van der Waals surface area (Å²) in [5.74, 6) is 1.05. The predicted molar refractivity (Wildman–Crippen MR) is 112 cm³/mol. The first-order valence-electron chi connectivity index (χ1n) is 10.1. The number of nitrogens with one attached hydrogen (secondary N) is 1. The van der Waals surface area contributed by atoms with Gasteiger partial charge < -0.3 is 24.4 Å². The molecule has 1 saturated heterocycles. The van der Waals surface area contributed by atoms with Crippen LogP contribution >= 0.6 is 0 Å². The Morgan fingerprint density at radius 3 is 2.68 bits per heavy atom. The summed E-state index contributed by atoms with van der Waals surface area (Å²) in [6.07, 6.45) is -0.320. The van der Waals surface area contributed by atoms with E-state index in [0.717, 1.165) is 30.0 Å². The number of anilines is 1. The Hall–Kier alpha value is -3.10. The van der Waals surface area contributed by atoms with Gasteiger partial charge in [0.25, 0.3) is 12.3 Å². The van der Waals surface area contributed by atoms with Crippen LogP contribution in [-0.2, 0) is 4.79 Å². The van der Waals surface area contributed by atoms with Crippen molar-refractivity contribution in [2.75, 3.05) is 31.7 Å². The first-order chi connectivity index (χ1) is 14.9. The number of benzene rings is 1. The maximum absolute atomic E-state index is 12.5. The third kappa shape index (κ3) is 5.96. The van der Waals surface area contributed by atoms with E-state index < -0.39 is 13.0 Å². The van der Waals surface area contributed by atoms with Crippen molar-refractivity contribution in [3.05, 3.63) is 42.1 Å². The molecule has 2 heterocycles. The summed E-state index contributed by atoms with van der Waals surface area (Å²) in [6.45, 7) is 4.00. The van der Waals surface area contributed by atoms with Gasteiger partial charge in [-0.25, -0.2) is 13.8 Å². The number of nitrogens with zero attached hydrogens (tertiary/aromatic N) is 2. The first-order valence-corrected chi connectivity index (χ1v) is 10.1. The molecule has 1 unspecified atom stereocenters. The van der Waals surface area contributed by atoms with Crippen molar-refractivity contribution in [3.63, 3.8) is 0 Å². The Balaban J connectivity index is 1.63. The van der Waals surface area contributed by atoms with Gasteiger partial charge in [-0.2, -0.15) is 0 Å². The maximum atomic E-state index is 12.5. The van der Waals surface area contributed by atoms with E-state index in [4.69, 9.17) is 14.2 Å². The highest BCUT2D eigenvalue weighted by molar-refractivity contribution is 5.73. The highest BCUT2D eigenvalue weighted by Crippen LogP contribution is 2.37. The van der Waals surface area contributed by atoms with Crippen LogP contribution in [0.25, 0.3) is 0 Å². The number of hydrogen-bond donors (Lipinski definition) is 1. The number of ether oxygens (including phenoxy) is 3. The molecule has 0 aliphatic carbocycles. The lowest BCUT2D eigenvalue weighted by atomic mass is 10.1. The minimum absolute atomic E-state index is 0.0399. The molecule has 1 aliphatic heterocycles. The molecule has 168 valence electrons. The molecule has 2 aromatic rings. The fourth-order valence-electron chi connectivity index (χ4n) is 3.56. The largest absolute Gasteiger partial charge is 0.490 e. The van der Waals surface area contributed by atoms with E-state index in [2.05, 4.69) is 15.2 Å². The van der Waals surface area contributed by atoms with E-state index >= 15 is 0 Å². The fourth-order valence-corrected chi connectivity index (χ4v) is 3.56. The van der Waals surface area contributed by atoms with Crippen LogP contribution in [0.2, 0.25) is 0 Å². The van der Waals surface area contributed by atoms with Crippen LogP contribution in [0.3, 0.4) is 0 Å². The lowest BCUT2D eigenvalue weighted by molar-refractivity contribution is -0.119. The third-order valence-electron chi connectivity index (χ3n) is 4.99. The SMILES string of the molecule is COc1c(N2CCC(Oc3ccc([C@H](C)NC(C)=O)cc3)C2)ccnc1OCC(F)F. The molecule has 0 saturated carbocycles. The van der Waals surface area contributed by atoms with E-state index in [9.17, 15) is 13.6 Å². The molecular weight excluding hydrogens is 408 g/mol. The summed E-state index contributed by atoms with van der Waals surface area (Å²) in [5.41, 5.74) is 1.72. The van der Waals surface area contributed by atoms with E-state index in [0.29, 0.717) is 12.3 Å².